The monoisotopic (exact) mass is 196 g/mol. The van der Waals surface area contributed by atoms with Gasteiger partial charge < -0.3 is 0 Å². The highest BCUT2D eigenvalue weighted by molar-refractivity contribution is 5.85. The topological polar surface area (TPSA) is 38.0 Å². The molecule has 0 atom stereocenters. The maximum absolute atomic E-state index is 4.60. The molecule has 66 valence electrons. The summed E-state index contributed by atoms with van der Waals surface area (Å²) in [5.41, 5.74) is 2.25. The van der Waals surface area contributed by atoms with Crippen molar-refractivity contribution in [1.82, 2.24) is 5.43 Å². The fourth-order valence-electron chi connectivity index (χ4n) is 0.385. The van der Waals surface area contributed by atoms with Crippen LogP contribution in [0.25, 0.3) is 0 Å². The average Bonchev–Trinajstić information content (AvgIpc) is 1.93. The summed E-state index contributed by atoms with van der Waals surface area (Å²) >= 11 is 0. The van der Waals surface area contributed by atoms with Gasteiger partial charge in [-0.2, -0.15) is 0 Å². The standard InChI is InChI=1S/C6H6.CH6N2.2ClH/c1-2-4-6-5-3-1;1-3-2;;/h1-6H;3H,2H2,1H3;2*1H. The van der Waals surface area contributed by atoms with E-state index in [1.807, 2.05) is 36.4 Å². The van der Waals surface area contributed by atoms with E-state index in [0.717, 1.165) is 0 Å². The number of benzene rings is 1. The minimum absolute atomic E-state index is 0. The van der Waals surface area contributed by atoms with Gasteiger partial charge in [-0.05, 0) is 7.05 Å². The number of nitrogens with two attached hydrogens (primary N) is 1. The zero-order valence-corrected chi connectivity index (χ0v) is 7.99. The van der Waals surface area contributed by atoms with Gasteiger partial charge in [-0.3, -0.25) is 11.3 Å². The molecule has 0 fully saturated rings. The van der Waals surface area contributed by atoms with Crippen molar-refractivity contribution in [2.45, 2.75) is 0 Å². The maximum atomic E-state index is 4.60. The van der Waals surface area contributed by atoms with E-state index >= 15 is 0 Å². The zero-order chi connectivity index (χ0) is 6.95. The van der Waals surface area contributed by atoms with Crippen molar-refractivity contribution in [3.05, 3.63) is 36.4 Å². The van der Waals surface area contributed by atoms with Crippen LogP contribution in [0.4, 0.5) is 0 Å². The molecule has 0 heterocycles. The van der Waals surface area contributed by atoms with Gasteiger partial charge in [-0.1, -0.05) is 36.4 Å². The van der Waals surface area contributed by atoms with Gasteiger partial charge in [0.1, 0.15) is 0 Å². The number of hydrogen-bond acceptors (Lipinski definition) is 2. The van der Waals surface area contributed by atoms with E-state index in [0.29, 0.717) is 0 Å². The van der Waals surface area contributed by atoms with E-state index in [1.165, 1.54) is 0 Å². The van der Waals surface area contributed by atoms with Crippen molar-refractivity contribution >= 4 is 24.8 Å². The van der Waals surface area contributed by atoms with Crippen molar-refractivity contribution < 1.29 is 0 Å². The molecule has 1 aromatic carbocycles. The lowest BCUT2D eigenvalue weighted by Crippen LogP contribution is -2.13. The minimum atomic E-state index is 0. The van der Waals surface area contributed by atoms with Crippen molar-refractivity contribution in [3.8, 4) is 0 Å². The van der Waals surface area contributed by atoms with Gasteiger partial charge in [0.2, 0.25) is 0 Å². The van der Waals surface area contributed by atoms with Gasteiger partial charge in [-0.15, -0.1) is 24.8 Å². The molecule has 1 aromatic rings. The average molecular weight is 197 g/mol. The Kier molecular flexibility index (Phi) is 25.3. The lowest BCUT2D eigenvalue weighted by atomic mass is 10.4. The Labute approximate surface area is 80.0 Å². The fraction of sp³-hybridized carbons (Fsp3) is 0.143. The first-order chi connectivity index (χ1) is 4.41. The Balaban J connectivity index is -0.000000116. The second kappa shape index (κ2) is 16.4. The van der Waals surface area contributed by atoms with E-state index in [2.05, 4.69) is 11.3 Å². The van der Waals surface area contributed by atoms with Crippen molar-refractivity contribution in [1.29, 1.82) is 0 Å². The second-order valence-corrected chi connectivity index (χ2v) is 1.44. The Morgan fingerprint density at radius 3 is 1.00 bits per heavy atom. The molecule has 0 radical (unpaired) electrons. The van der Waals surface area contributed by atoms with Crippen LogP contribution in [0.5, 0.6) is 0 Å². The van der Waals surface area contributed by atoms with Gasteiger partial charge in [0.05, 0.1) is 0 Å². The Morgan fingerprint density at radius 1 is 0.818 bits per heavy atom. The third-order valence-corrected chi connectivity index (χ3v) is 0.667. The lowest BCUT2D eigenvalue weighted by molar-refractivity contribution is 0.900. The molecular weight excluding hydrogens is 183 g/mol. The first-order valence-electron chi connectivity index (χ1n) is 2.79. The first-order valence-corrected chi connectivity index (χ1v) is 2.79. The van der Waals surface area contributed by atoms with Crippen molar-refractivity contribution in [2.75, 3.05) is 7.05 Å². The highest BCUT2D eigenvalue weighted by atomic mass is 35.5. The molecule has 4 heteroatoms. The van der Waals surface area contributed by atoms with Crippen LogP contribution in [-0.2, 0) is 0 Å². The number of hydrazine groups is 1. The smallest absolute Gasteiger partial charge is 0.00172 e. The third-order valence-electron chi connectivity index (χ3n) is 0.667. The van der Waals surface area contributed by atoms with E-state index in [1.54, 1.807) is 7.05 Å². The fourth-order valence-corrected chi connectivity index (χ4v) is 0.385. The Bertz CT molecular complexity index is 97.3. The van der Waals surface area contributed by atoms with Crippen LogP contribution in [-0.4, -0.2) is 7.05 Å². The van der Waals surface area contributed by atoms with Gasteiger partial charge in [0, 0.05) is 0 Å². The molecule has 0 aliphatic carbocycles. The molecule has 0 bridgehead atoms. The first kappa shape index (κ1) is 17.0. The Morgan fingerprint density at radius 2 is 0.909 bits per heavy atom. The molecule has 11 heavy (non-hydrogen) atoms. The van der Waals surface area contributed by atoms with Crippen LogP contribution in [0.2, 0.25) is 0 Å². The van der Waals surface area contributed by atoms with Crippen LogP contribution in [0.15, 0.2) is 36.4 Å². The Hall–Kier alpha value is -0.280. The molecule has 3 N–H and O–H groups in total. The number of hydrogen-bond donors (Lipinski definition) is 2. The van der Waals surface area contributed by atoms with E-state index in [9.17, 15) is 0 Å². The highest BCUT2D eigenvalue weighted by Gasteiger charge is 1.57. The van der Waals surface area contributed by atoms with E-state index in [4.69, 9.17) is 0 Å². The van der Waals surface area contributed by atoms with Gasteiger partial charge in [0.25, 0.3) is 0 Å². The van der Waals surface area contributed by atoms with Gasteiger partial charge in [-0.25, -0.2) is 0 Å². The minimum Gasteiger partial charge on any atom is -0.272 e. The van der Waals surface area contributed by atoms with Crippen LogP contribution < -0.4 is 11.3 Å². The van der Waals surface area contributed by atoms with E-state index in [-0.39, 0.29) is 24.8 Å². The molecule has 0 saturated heterocycles. The van der Waals surface area contributed by atoms with Crippen molar-refractivity contribution in [3.63, 3.8) is 0 Å². The largest absolute Gasteiger partial charge is 0.272 e. The molecule has 0 aliphatic rings. The van der Waals surface area contributed by atoms with Crippen LogP contribution in [0, 0.1) is 0 Å². The summed E-state index contributed by atoms with van der Waals surface area (Å²) in [4.78, 5) is 0. The van der Waals surface area contributed by atoms with Crippen molar-refractivity contribution in [2.24, 2.45) is 5.84 Å². The lowest BCUT2D eigenvalue weighted by Gasteiger charge is -1.69. The number of nitrogens with one attached hydrogen (secondary N) is 1. The van der Waals surface area contributed by atoms with Crippen LogP contribution in [0.3, 0.4) is 0 Å². The molecule has 2 nitrogen and oxygen atoms in total. The van der Waals surface area contributed by atoms with Gasteiger partial charge >= 0.3 is 0 Å². The SMILES string of the molecule is CNN.Cl.Cl.c1ccccc1. The van der Waals surface area contributed by atoms with Crippen LogP contribution >= 0.6 is 24.8 Å². The predicted octanol–water partition coefficient (Wildman–Crippen LogP) is 1.61. The summed E-state index contributed by atoms with van der Waals surface area (Å²) in [5, 5.41) is 0. The maximum Gasteiger partial charge on any atom is -0.00172 e. The summed E-state index contributed by atoms with van der Waals surface area (Å²) < 4.78 is 0. The summed E-state index contributed by atoms with van der Waals surface area (Å²) in [6.45, 7) is 0. The predicted molar refractivity (Wildman–Crippen MR) is 54.2 cm³/mol. The number of rotatable bonds is 0. The highest BCUT2D eigenvalue weighted by Crippen LogP contribution is 1.79. The molecule has 1 rings (SSSR count). The third kappa shape index (κ3) is 17.7. The second-order valence-electron chi connectivity index (χ2n) is 1.44. The van der Waals surface area contributed by atoms with E-state index < -0.39 is 0 Å². The van der Waals surface area contributed by atoms with Gasteiger partial charge in [0.15, 0.2) is 0 Å². The summed E-state index contributed by atoms with van der Waals surface area (Å²) in [7, 11) is 1.65. The quantitative estimate of drug-likeness (QED) is 0.489. The molecule has 0 amide bonds. The summed E-state index contributed by atoms with van der Waals surface area (Å²) in [6.07, 6.45) is 0. The zero-order valence-electron chi connectivity index (χ0n) is 6.36. The molecule has 0 aromatic heterocycles. The summed E-state index contributed by atoms with van der Waals surface area (Å²) in [6, 6.07) is 12.0. The molecular formula is C7H14Cl2N2. The summed E-state index contributed by atoms with van der Waals surface area (Å²) in [5.74, 6) is 4.60. The normalized spacial score (nSPS) is 6.00. The number of halogens is 2. The molecule has 0 unspecified atom stereocenters. The van der Waals surface area contributed by atoms with Crippen LogP contribution in [0.1, 0.15) is 0 Å². The molecule has 0 saturated carbocycles. The molecule has 0 aliphatic heterocycles. The molecule has 0 spiro atoms.